The van der Waals surface area contributed by atoms with Crippen LogP contribution in [-0.2, 0) is 6.54 Å². The molecule has 0 unspecified atom stereocenters. The molecular formula is C12H19F2N3O. The van der Waals surface area contributed by atoms with Gasteiger partial charge in [-0.1, -0.05) is 0 Å². The molecule has 1 saturated carbocycles. The molecule has 0 aromatic carbocycles. The standard InChI is InChI=1S/C12H19F2N3O/c13-12(14)8-18-11-5-16-17(7-11)6-9-1-3-10(15)4-2-9/h5,7,9-10,12H,1-4,6,8,15H2. The number of rotatable bonds is 5. The Kier molecular flexibility index (Phi) is 4.52. The Bertz CT molecular complexity index is 362. The predicted molar refractivity (Wildman–Crippen MR) is 63.7 cm³/mol. The quantitative estimate of drug-likeness (QED) is 0.880. The third kappa shape index (κ3) is 3.94. The van der Waals surface area contributed by atoms with E-state index in [4.69, 9.17) is 10.5 Å². The van der Waals surface area contributed by atoms with Gasteiger partial charge in [-0.15, -0.1) is 0 Å². The van der Waals surface area contributed by atoms with Gasteiger partial charge in [0.05, 0.1) is 12.4 Å². The van der Waals surface area contributed by atoms with Crippen LogP contribution in [0.3, 0.4) is 0 Å². The van der Waals surface area contributed by atoms with Crippen molar-refractivity contribution in [2.24, 2.45) is 11.7 Å². The van der Waals surface area contributed by atoms with E-state index in [9.17, 15) is 8.78 Å². The van der Waals surface area contributed by atoms with E-state index >= 15 is 0 Å². The van der Waals surface area contributed by atoms with Crippen LogP contribution in [0.25, 0.3) is 0 Å². The Balaban J connectivity index is 1.79. The van der Waals surface area contributed by atoms with E-state index in [0.717, 1.165) is 32.2 Å². The molecule has 4 nitrogen and oxygen atoms in total. The number of nitrogens with two attached hydrogens (primary N) is 1. The molecule has 0 radical (unpaired) electrons. The van der Waals surface area contributed by atoms with Crippen LogP contribution in [0.5, 0.6) is 5.75 Å². The number of alkyl halides is 2. The van der Waals surface area contributed by atoms with Crippen molar-refractivity contribution in [1.82, 2.24) is 9.78 Å². The summed E-state index contributed by atoms with van der Waals surface area (Å²) >= 11 is 0. The fourth-order valence-corrected chi connectivity index (χ4v) is 2.31. The summed E-state index contributed by atoms with van der Waals surface area (Å²) in [5.74, 6) is 0.982. The van der Waals surface area contributed by atoms with Crippen LogP contribution in [0.1, 0.15) is 25.7 Å². The Morgan fingerprint density at radius 1 is 1.39 bits per heavy atom. The fourth-order valence-electron chi connectivity index (χ4n) is 2.31. The first kappa shape index (κ1) is 13.3. The highest BCUT2D eigenvalue weighted by Gasteiger charge is 2.19. The molecule has 6 heteroatoms. The minimum absolute atomic E-state index is 0.337. The lowest BCUT2D eigenvalue weighted by Gasteiger charge is -2.25. The van der Waals surface area contributed by atoms with E-state index in [-0.39, 0.29) is 0 Å². The van der Waals surface area contributed by atoms with Crippen LogP contribution in [0, 0.1) is 5.92 Å². The van der Waals surface area contributed by atoms with Gasteiger partial charge >= 0.3 is 0 Å². The summed E-state index contributed by atoms with van der Waals surface area (Å²) in [5, 5.41) is 4.12. The number of nitrogens with zero attached hydrogens (tertiary/aromatic N) is 2. The van der Waals surface area contributed by atoms with Crippen LogP contribution in [0.2, 0.25) is 0 Å². The molecule has 1 fully saturated rings. The van der Waals surface area contributed by atoms with Gasteiger partial charge in [-0.3, -0.25) is 4.68 Å². The molecule has 1 aromatic rings. The van der Waals surface area contributed by atoms with Crippen molar-refractivity contribution in [3.05, 3.63) is 12.4 Å². The lowest BCUT2D eigenvalue weighted by molar-refractivity contribution is 0.0818. The van der Waals surface area contributed by atoms with Crippen molar-refractivity contribution >= 4 is 0 Å². The highest BCUT2D eigenvalue weighted by molar-refractivity contribution is 5.11. The number of hydrogen-bond donors (Lipinski definition) is 1. The molecule has 0 bridgehead atoms. The lowest BCUT2D eigenvalue weighted by atomic mass is 9.86. The van der Waals surface area contributed by atoms with Gasteiger partial charge in [0.15, 0.2) is 5.75 Å². The van der Waals surface area contributed by atoms with Crippen LogP contribution < -0.4 is 10.5 Å². The third-order valence-corrected chi connectivity index (χ3v) is 3.32. The Morgan fingerprint density at radius 2 is 2.11 bits per heavy atom. The van der Waals surface area contributed by atoms with Gasteiger partial charge in [0.1, 0.15) is 6.61 Å². The average molecular weight is 259 g/mol. The summed E-state index contributed by atoms with van der Waals surface area (Å²) in [5.41, 5.74) is 5.85. The maximum Gasteiger partial charge on any atom is 0.272 e. The molecule has 1 aliphatic carbocycles. The molecule has 0 saturated heterocycles. The Labute approximate surface area is 105 Å². The second-order valence-electron chi connectivity index (χ2n) is 4.88. The van der Waals surface area contributed by atoms with Crippen LogP contribution in [0.4, 0.5) is 8.78 Å². The Morgan fingerprint density at radius 3 is 2.78 bits per heavy atom. The van der Waals surface area contributed by atoms with Crippen molar-refractivity contribution in [2.45, 2.75) is 44.7 Å². The minimum atomic E-state index is -2.45. The highest BCUT2D eigenvalue weighted by atomic mass is 19.3. The molecule has 2 rings (SSSR count). The molecule has 0 aliphatic heterocycles. The first-order valence-corrected chi connectivity index (χ1v) is 6.32. The van der Waals surface area contributed by atoms with E-state index in [2.05, 4.69) is 5.10 Å². The van der Waals surface area contributed by atoms with Gasteiger partial charge in [0.2, 0.25) is 0 Å². The highest BCUT2D eigenvalue weighted by Crippen LogP contribution is 2.24. The zero-order valence-corrected chi connectivity index (χ0v) is 10.3. The van der Waals surface area contributed by atoms with Crippen LogP contribution in [0.15, 0.2) is 12.4 Å². The van der Waals surface area contributed by atoms with Crippen molar-refractivity contribution in [3.63, 3.8) is 0 Å². The normalized spacial score (nSPS) is 24.4. The van der Waals surface area contributed by atoms with E-state index in [1.165, 1.54) is 6.20 Å². The molecule has 1 aromatic heterocycles. The number of aromatic nitrogens is 2. The minimum Gasteiger partial charge on any atom is -0.484 e. The molecule has 2 N–H and O–H groups in total. The SMILES string of the molecule is NC1CCC(Cn2cc(OCC(F)F)cn2)CC1. The van der Waals surface area contributed by atoms with Gasteiger partial charge in [-0.2, -0.15) is 5.10 Å². The predicted octanol–water partition coefficient (Wildman–Crippen LogP) is 2.04. The molecular weight excluding hydrogens is 240 g/mol. The third-order valence-electron chi connectivity index (χ3n) is 3.32. The summed E-state index contributed by atoms with van der Waals surface area (Å²) in [6.07, 6.45) is 5.03. The van der Waals surface area contributed by atoms with E-state index in [0.29, 0.717) is 17.7 Å². The molecule has 1 aliphatic rings. The van der Waals surface area contributed by atoms with Gasteiger partial charge in [-0.05, 0) is 31.6 Å². The topological polar surface area (TPSA) is 53.1 Å². The summed E-state index contributed by atoms with van der Waals surface area (Å²) < 4.78 is 30.6. The first-order valence-electron chi connectivity index (χ1n) is 6.32. The Hall–Kier alpha value is -1.17. The van der Waals surface area contributed by atoms with Crippen molar-refractivity contribution in [3.8, 4) is 5.75 Å². The van der Waals surface area contributed by atoms with Gasteiger partial charge in [0.25, 0.3) is 6.43 Å². The number of halogens is 2. The van der Waals surface area contributed by atoms with E-state index in [1.807, 2.05) is 0 Å². The number of hydrogen-bond acceptors (Lipinski definition) is 3. The molecule has 0 amide bonds. The van der Waals surface area contributed by atoms with Crippen LogP contribution in [-0.4, -0.2) is 28.9 Å². The molecule has 0 atom stereocenters. The van der Waals surface area contributed by atoms with Gasteiger partial charge in [-0.25, -0.2) is 8.78 Å². The average Bonchev–Trinajstić information content (AvgIpc) is 2.77. The van der Waals surface area contributed by atoms with Gasteiger partial charge in [0, 0.05) is 12.6 Å². The second kappa shape index (κ2) is 6.13. The largest absolute Gasteiger partial charge is 0.484 e. The fraction of sp³-hybridized carbons (Fsp3) is 0.750. The maximum atomic E-state index is 12.0. The zero-order chi connectivity index (χ0) is 13.0. The van der Waals surface area contributed by atoms with E-state index < -0.39 is 13.0 Å². The molecule has 18 heavy (non-hydrogen) atoms. The summed E-state index contributed by atoms with van der Waals surface area (Å²) in [7, 11) is 0. The monoisotopic (exact) mass is 259 g/mol. The zero-order valence-electron chi connectivity index (χ0n) is 10.3. The van der Waals surface area contributed by atoms with Crippen molar-refractivity contribution < 1.29 is 13.5 Å². The van der Waals surface area contributed by atoms with E-state index in [1.54, 1.807) is 10.9 Å². The summed E-state index contributed by atoms with van der Waals surface area (Å²) in [4.78, 5) is 0. The summed E-state index contributed by atoms with van der Waals surface area (Å²) in [6.45, 7) is 0.231. The van der Waals surface area contributed by atoms with Crippen LogP contribution >= 0.6 is 0 Å². The first-order chi connectivity index (χ1) is 8.63. The smallest absolute Gasteiger partial charge is 0.272 e. The van der Waals surface area contributed by atoms with Crippen molar-refractivity contribution in [2.75, 3.05) is 6.61 Å². The molecule has 102 valence electrons. The second-order valence-corrected chi connectivity index (χ2v) is 4.88. The van der Waals surface area contributed by atoms with Crippen molar-refractivity contribution in [1.29, 1.82) is 0 Å². The number of ether oxygens (including phenoxy) is 1. The van der Waals surface area contributed by atoms with Gasteiger partial charge < -0.3 is 10.5 Å². The summed E-state index contributed by atoms with van der Waals surface area (Å²) in [6, 6.07) is 0.337. The maximum absolute atomic E-state index is 12.0. The lowest BCUT2D eigenvalue weighted by Crippen LogP contribution is -2.28. The molecule has 1 heterocycles. The molecule has 0 spiro atoms.